The minimum Gasteiger partial charge on any atom is -0.507 e. The Bertz CT molecular complexity index is 1290. The number of nitrogens with one attached hydrogen (secondary N) is 2. The van der Waals surface area contributed by atoms with Gasteiger partial charge in [-0.1, -0.05) is 13.8 Å². The number of aldehydes is 1. The van der Waals surface area contributed by atoms with Crippen LogP contribution in [0.25, 0.3) is 0 Å². The summed E-state index contributed by atoms with van der Waals surface area (Å²) in [5, 5.41) is 19.6. The first kappa shape index (κ1) is 24.6. The fourth-order valence-electron chi connectivity index (χ4n) is 3.03. The van der Waals surface area contributed by atoms with Gasteiger partial charge in [-0.25, -0.2) is 9.18 Å². The van der Waals surface area contributed by atoms with Crippen LogP contribution in [0.5, 0.6) is 11.5 Å². The van der Waals surface area contributed by atoms with Crippen molar-refractivity contribution < 1.29 is 28.6 Å². The van der Waals surface area contributed by atoms with Crippen LogP contribution < -0.4 is 15.8 Å². The lowest BCUT2D eigenvalue weighted by molar-refractivity contribution is -0.123. The zero-order valence-electron chi connectivity index (χ0n) is 18.3. The molecule has 0 saturated heterocycles. The molecule has 0 spiro atoms. The number of anilines is 1. The summed E-state index contributed by atoms with van der Waals surface area (Å²) in [5.74, 6) is -2.66. The molecule has 1 aromatic heterocycles. The number of nitrogens with two attached hydrogens (primary N) is 1. The molecule has 0 aliphatic carbocycles. The van der Waals surface area contributed by atoms with E-state index in [4.69, 9.17) is 15.9 Å². The van der Waals surface area contributed by atoms with Gasteiger partial charge in [-0.15, -0.1) is 11.3 Å². The molecule has 10 heteroatoms. The van der Waals surface area contributed by atoms with E-state index in [0.717, 1.165) is 22.3 Å². The first-order valence-corrected chi connectivity index (χ1v) is 10.9. The van der Waals surface area contributed by atoms with Gasteiger partial charge in [0.2, 0.25) is 5.91 Å². The van der Waals surface area contributed by atoms with Gasteiger partial charge < -0.3 is 20.9 Å². The summed E-state index contributed by atoms with van der Waals surface area (Å²) >= 11 is 1.12. The van der Waals surface area contributed by atoms with Crippen LogP contribution >= 0.6 is 11.3 Å². The summed E-state index contributed by atoms with van der Waals surface area (Å²) in [7, 11) is 0. The van der Waals surface area contributed by atoms with Gasteiger partial charge in [0, 0.05) is 21.5 Å². The number of thiophene rings is 1. The maximum atomic E-state index is 14.1. The lowest BCUT2D eigenvalue weighted by Gasteiger charge is -2.23. The zero-order chi connectivity index (χ0) is 25.0. The molecule has 0 radical (unpaired) electrons. The second kappa shape index (κ2) is 9.84. The normalized spacial score (nSPS) is 11.0. The van der Waals surface area contributed by atoms with E-state index in [1.54, 1.807) is 19.9 Å². The Hall–Kier alpha value is -4.05. The molecule has 0 saturated carbocycles. The van der Waals surface area contributed by atoms with Crippen molar-refractivity contribution in [3.63, 3.8) is 0 Å². The minimum absolute atomic E-state index is 0.0596. The van der Waals surface area contributed by atoms with Crippen LogP contribution in [-0.2, 0) is 11.2 Å². The maximum Gasteiger partial charge on any atom is 0.353 e. The molecule has 0 fully saturated rings. The van der Waals surface area contributed by atoms with Crippen molar-refractivity contribution in [2.45, 2.75) is 20.3 Å². The molecule has 0 bridgehead atoms. The molecular formula is C24H22FN3O5S. The quantitative estimate of drug-likeness (QED) is 0.0948. The molecule has 3 rings (SSSR count). The number of aromatic hydroxyl groups is 1. The van der Waals surface area contributed by atoms with Gasteiger partial charge in [0.25, 0.3) is 0 Å². The van der Waals surface area contributed by atoms with Crippen LogP contribution in [0.1, 0.15) is 44.3 Å². The summed E-state index contributed by atoms with van der Waals surface area (Å²) in [6.45, 7) is 3.46. The van der Waals surface area contributed by atoms with E-state index in [0.29, 0.717) is 18.4 Å². The Balaban J connectivity index is 1.67. The summed E-state index contributed by atoms with van der Waals surface area (Å²) < 4.78 is 19.3. The third-order valence-electron chi connectivity index (χ3n) is 4.95. The highest BCUT2D eigenvalue weighted by Gasteiger charge is 2.29. The second-order valence-corrected chi connectivity index (χ2v) is 9.29. The smallest absolute Gasteiger partial charge is 0.353 e. The standard InChI is InChI=1S/C24H22FN3O5S/c1-24(2,23(32)28-15-4-6-18(30)14(9-15)12-29)11-16-5-8-20(34-16)22(31)33-19-7-3-13(21(26)27)10-17(19)25/h3-10,12,30H,11H2,1-2H3,(H3,26,27)(H,28,32). The van der Waals surface area contributed by atoms with Crippen LogP contribution in [0.15, 0.2) is 48.5 Å². The summed E-state index contributed by atoms with van der Waals surface area (Å²) in [6.07, 6.45) is 0.795. The van der Waals surface area contributed by atoms with Gasteiger partial charge in [0.15, 0.2) is 17.9 Å². The highest BCUT2D eigenvalue weighted by Crippen LogP contribution is 2.30. The highest BCUT2D eigenvalue weighted by atomic mass is 32.1. The van der Waals surface area contributed by atoms with Crippen LogP contribution in [0.4, 0.5) is 10.1 Å². The van der Waals surface area contributed by atoms with Crippen LogP contribution in [0.3, 0.4) is 0 Å². The average molecular weight is 484 g/mol. The summed E-state index contributed by atoms with van der Waals surface area (Å²) in [6, 6.07) is 11.0. The van der Waals surface area contributed by atoms with Gasteiger partial charge in [-0.3, -0.25) is 15.0 Å². The molecule has 8 nitrogen and oxygen atoms in total. The van der Waals surface area contributed by atoms with Crippen LogP contribution in [-0.4, -0.2) is 29.1 Å². The predicted octanol–water partition coefficient (Wildman–Crippen LogP) is 4.12. The van der Waals surface area contributed by atoms with E-state index >= 15 is 0 Å². The second-order valence-electron chi connectivity index (χ2n) is 8.12. The number of phenolic OH excluding ortho intramolecular Hbond substituents is 1. The third kappa shape index (κ3) is 5.65. The molecule has 1 amide bonds. The average Bonchev–Trinajstić information content (AvgIpc) is 3.24. The third-order valence-corrected chi connectivity index (χ3v) is 6.02. The predicted molar refractivity (Wildman–Crippen MR) is 126 cm³/mol. The fraction of sp³-hybridized carbons (Fsp3) is 0.167. The van der Waals surface area contributed by atoms with E-state index in [9.17, 15) is 23.9 Å². The number of carbonyl (C=O) groups excluding carboxylic acids is 3. The van der Waals surface area contributed by atoms with Gasteiger partial charge in [0.1, 0.15) is 16.5 Å². The maximum absolute atomic E-state index is 14.1. The highest BCUT2D eigenvalue weighted by molar-refractivity contribution is 7.14. The monoisotopic (exact) mass is 483 g/mol. The van der Waals surface area contributed by atoms with E-state index < -0.39 is 17.2 Å². The number of amides is 1. The molecule has 0 aliphatic rings. The molecule has 1 heterocycles. The number of ether oxygens (including phenoxy) is 1. The number of rotatable bonds is 8. The molecule has 176 valence electrons. The van der Waals surface area contributed by atoms with Gasteiger partial charge in [-0.05, 0) is 55.0 Å². The number of esters is 1. The first-order chi connectivity index (χ1) is 16.0. The summed E-state index contributed by atoms with van der Waals surface area (Å²) in [5.41, 5.74) is 5.04. The van der Waals surface area contributed by atoms with Crippen LogP contribution in [0, 0.1) is 16.6 Å². The topological polar surface area (TPSA) is 143 Å². The Morgan fingerprint density at radius 3 is 2.59 bits per heavy atom. The van der Waals surface area contributed by atoms with Crippen molar-refractivity contribution in [3.8, 4) is 11.5 Å². The molecular weight excluding hydrogens is 461 g/mol. The Labute approximate surface area is 198 Å². The lowest BCUT2D eigenvalue weighted by Crippen LogP contribution is -2.32. The summed E-state index contributed by atoms with van der Waals surface area (Å²) in [4.78, 5) is 37.2. The fourth-order valence-corrected chi connectivity index (χ4v) is 4.14. The van der Waals surface area contributed by atoms with E-state index in [2.05, 4.69) is 5.32 Å². The van der Waals surface area contributed by atoms with Crippen molar-refractivity contribution in [2.24, 2.45) is 11.1 Å². The van der Waals surface area contributed by atoms with E-state index in [1.165, 1.54) is 36.4 Å². The van der Waals surface area contributed by atoms with Gasteiger partial charge >= 0.3 is 5.97 Å². The number of benzene rings is 2. The molecule has 5 N–H and O–H groups in total. The Morgan fingerprint density at radius 2 is 1.94 bits per heavy atom. The minimum atomic E-state index is -0.875. The van der Waals surface area contributed by atoms with Gasteiger partial charge in [-0.2, -0.15) is 0 Å². The van der Waals surface area contributed by atoms with Crippen molar-refractivity contribution in [2.75, 3.05) is 5.32 Å². The van der Waals surface area contributed by atoms with E-state index in [1.807, 2.05) is 0 Å². The number of nitrogen functional groups attached to an aromatic ring is 1. The van der Waals surface area contributed by atoms with Crippen molar-refractivity contribution >= 4 is 41.0 Å². The molecule has 3 aromatic rings. The van der Waals surface area contributed by atoms with Crippen molar-refractivity contribution in [3.05, 3.63) is 75.2 Å². The van der Waals surface area contributed by atoms with Crippen LogP contribution in [0.2, 0.25) is 0 Å². The van der Waals surface area contributed by atoms with Crippen molar-refractivity contribution in [1.29, 1.82) is 5.41 Å². The number of phenols is 1. The van der Waals surface area contributed by atoms with Crippen molar-refractivity contribution in [1.82, 2.24) is 0 Å². The SMILES string of the molecule is CC(C)(Cc1ccc(C(=O)Oc2ccc(C(=N)N)cc2F)s1)C(=O)Nc1ccc(O)c(C=O)c1. The zero-order valence-corrected chi connectivity index (χ0v) is 19.2. The lowest BCUT2D eigenvalue weighted by atomic mass is 9.87. The molecule has 0 atom stereocenters. The van der Waals surface area contributed by atoms with Gasteiger partial charge in [0.05, 0.1) is 5.56 Å². The largest absolute Gasteiger partial charge is 0.507 e. The molecule has 34 heavy (non-hydrogen) atoms. The Morgan fingerprint density at radius 1 is 1.21 bits per heavy atom. The number of amidine groups is 1. The molecule has 2 aromatic carbocycles. The number of carbonyl (C=O) groups is 3. The Kier molecular flexibility index (Phi) is 7.11. The molecule has 0 aliphatic heterocycles. The number of hydrogen-bond donors (Lipinski definition) is 4. The first-order valence-electron chi connectivity index (χ1n) is 10.0. The number of halogens is 1. The number of hydrogen-bond acceptors (Lipinski definition) is 7. The molecule has 0 unspecified atom stereocenters. The van der Waals surface area contributed by atoms with E-state index in [-0.39, 0.29) is 39.2 Å².